The molecule has 0 saturated heterocycles. The summed E-state index contributed by atoms with van der Waals surface area (Å²) in [5, 5.41) is 3.61. The second kappa shape index (κ2) is 7.41. The summed E-state index contributed by atoms with van der Waals surface area (Å²) in [5.41, 5.74) is 0. The highest BCUT2D eigenvalue weighted by Gasteiger charge is 2.23. The molecule has 0 amide bonds. The smallest absolute Gasteiger partial charge is 0.00924 e. The van der Waals surface area contributed by atoms with Crippen LogP contribution in [0, 0.1) is 11.8 Å². The van der Waals surface area contributed by atoms with E-state index in [4.69, 9.17) is 0 Å². The third-order valence-electron chi connectivity index (χ3n) is 5.20. The van der Waals surface area contributed by atoms with Crippen molar-refractivity contribution in [3.63, 3.8) is 0 Å². The topological polar surface area (TPSA) is 12.0 Å². The molecule has 0 aromatic carbocycles. The minimum Gasteiger partial charge on any atom is -0.317 e. The Morgan fingerprint density at radius 3 is 2.06 bits per heavy atom. The molecule has 2 rings (SSSR count). The van der Waals surface area contributed by atoms with Gasteiger partial charge in [-0.2, -0.15) is 0 Å². The molecule has 100 valence electrons. The SMILES string of the molecule is CNC(CCC1CCCCC1)C1CCCCC1. The van der Waals surface area contributed by atoms with Crippen LogP contribution < -0.4 is 5.32 Å². The van der Waals surface area contributed by atoms with Gasteiger partial charge in [0.1, 0.15) is 0 Å². The van der Waals surface area contributed by atoms with Crippen LogP contribution in [-0.2, 0) is 0 Å². The lowest BCUT2D eigenvalue weighted by molar-refractivity contribution is 0.241. The minimum absolute atomic E-state index is 0.817. The number of hydrogen-bond donors (Lipinski definition) is 1. The van der Waals surface area contributed by atoms with Crippen LogP contribution in [0.25, 0.3) is 0 Å². The Balaban J connectivity index is 1.70. The third kappa shape index (κ3) is 4.28. The molecule has 1 nitrogen and oxygen atoms in total. The Morgan fingerprint density at radius 1 is 0.882 bits per heavy atom. The average Bonchev–Trinajstić information content (AvgIpc) is 2.42. The highest BCUT2D eigenvalue weighted by molar-refractivity contribution is 4.79. The number of rotatable bonds is 5. The van der Waals surface area contributed by atoms with Gasteiger partial charge in [-0.05, 0) is 44.6 Å². The first-order valence-electron chi connectivity index (χ1n) is 8.07. The van der Waals surface area contributed by atoms with Crippen LogP contribution in [0.4, 0.5) is 0 Å². The summed E-state index contributed by atoms with van der Waals surface area (Å²) < 4.78 is 0. The molecule has 0 bridgehead atoms. The molecule has 0 aromatic rings. The second-order valence-electron chi connectivity index (χ2n) is 6.37. The van der Waals surface area contributed by atoms with Crippen molar-refractivity contribution in [2.75, 3.05) is 7.05 Å². The van der Waals surface area contributed by atoms with Crippen LogP contribution in [0.3, 0.4) is 0 Å². The Hall–Kier alpha value is -0.0400. The van der Waals surface area contributed by atoms with Gasteiger partial charge in [0.15, 0.2) is 0 Å². The molecule has 0 radical (unpaired) electrons. The summed E-state index contributed by atoms with van der Waals surface area (Å²) in [6.45, 7) is 0. The maximum Gasteiger partial charge on any atom is 0.00924 e. The molecule has 1 atom stereocenters. The highest BCUT2D eigenvalue weighted by Crippen LogP contribution is 2.32. The van der Waals surface area contributed by atoms with Crippen LogP contribution >= 0.6 is 0 Å². The Morgan fingerprint density at radius 2 is 1.47 bits per heavy atom. The molecule has 1 unspecified atom stereocenters. The zero-order chi connectivity index (χ0) is 11.9. The first-order valence-corrected chi connectivity index (χ1v) is 8.07. The predicted octanol–water partition coefficient (Wildman–Crippen LogP) is 4.52. The van der Waals surface area contributed by atoms with Gasteiger partial charge >= 0.3 is 0 Å². The molecule has 17 heavy (non-hydrogen) atoms. The molecule has 2 fully saturated rings. The number of nitrogens with one attached hydrogen (secondary N) is 1. The molecule has 2 aliphatic rings. The summed E-state index contributed by atoms with van der Waals surface area (Å²) in [7, 11) is 2.18. The fourth-order valence-corrected chi connectivity index (χ4v) is 4.04. The third-order valence-corrected chi connectivity index (χ3v) is 5.20. The van der Waals surface area contributed by atoms with Crippen LogP contribution in [0.2, 0.25) is 0 Å². The van der Waals surface area contributed by atoms with Crippen molar-refractivity contribution in [2.24, 2.45) is 11.8 Å². The van der Waals surface area contributed by atoms with Crippen LogP contribution in [0.15, 0.2) is 0 Å². The van der Waals surface area contributed by atoms with E-state index >= 15 is 0 Å². The van der Waals surface area contributed by atoms with E-state index in [1.54, 1.807) is 0 Å². The maximum atomic E-state index is 3.61. The van der Waals surface area contributed by atoms with E-state index in [9.17, 15) is 0 Å². The standard InChI is InChI=1S/C16H31N/c1-17-16(15-10-6-3-7-11-15)13-12-14-8-4-2-5-9-14/h14-17H,2-13H2,1H3. The van der Waals surface area contributed by atoms with Gasteiger partial charge in [-0.1, -0.05) is 51.4 Å². The monoisotopic (exact) mass is 237 g/mol. The molecular weight excluding hydrogens is 206 g/mol. The van der Waals surface area contributed by atoms with Gasteiger partial charge in [0.25, 0.3) is 0 Å². The molecule has 0 aliphatic heterocycles. The molecule has 0 spiro atoms. The summed E-state index contributed by atoms with van der Waals surface area (Å²) in [6.07, 6.45) is 17.8. The van der Waals surface area contributed by atoms with E-state index in [-0.39, 0.29) is 0 Å². The van der Waals surface area contributed by atoms with Crippen molar-refractivity contribution >= 4 is 0 Å². The fraction of sp³-hybridized carbons (Fsp3) is 1.00. The van der Waals surface area contributed by atoms with E-state index < -0.39 is 0 Å². The van der Waals surface area contributed by atoms with Gasteiger partial charge in [-0.25, -0.2) is 0 Å². The van der Waals surface area contributed by atoms with E-state index in [1.807, 2.05) is 0 Å². The van der Waals surface area contributed by atoms with Gasteiger partial charge in [0.2, 0.25) is 0 Å². The Bertz CT molecular complexity index is 190. The van der Waals surface area contributed by atoms with Gasteiger partial charge in [0, 0.05) is 6.04 Å². The van der Waals surface area contributed by atoms with E-state index in [0.717, 1.165) is 17.9 Å². The predicted molar refractivity (Wildman–Crippen MR) is 75.2 cm³/mol. The zero-order valence-corrected chi connectivity index (χ0v) is 11.7. The lowest BCUT2D eigenvalue weighted by atomic mass is 9.79. The number of hydrogen-bond acceptors (Lipinski definition) is 1. The first kappa shape index (κ1) is 13.4. The summed E-state index contributed by atoms with van der Waals surface area (Å²) >= 11 is 0. The second-order valence-corrected chi connectivity index (χ2v) is 6.37. The van der Waals surface area contributed by atoms with Crippen molar-refractivity contribution in [1.82, 2.24) is 5.32 Å². The van der Waals surface area contributed by atoms with Gasteiger partial charge in [-0.3, -0.25) is 0 Å². The summed E-state index contributed by atoms with van der Waals surface area (Å²) in [4.78, 5) is 0. The molecule has 2 aliphatic carbocycles. The molecule has 0 heterocycles. The van der Waals surface area contributed by atoms with E-state index in [0.29, 0.717) is 0 Å². The quantitative estimate of drug-likeness (QED) is 0.741. The molecule has 1 N–H and O–H groups in total. The normalized spacial score (nSPS) is 25.9. The van der Waals surface area contributed by atoms with E-state index in [1.165, 1.54) is 77.0 Å². The maximum absolute atomic E-state index is 3.61. The van der Waals surface area contributed by atoms with Crippen LogP contribution in [-0.4, -0.2) is 13.1 Å². The lowest BCUT2D eigenvalue weighted by Crippen LogP contribution is -2.35. The van der Waals surface area contributed by atoms with Crippen molar-refractivity contribution in [2.45, 2.75) is 83.1 Å². The Labute approximate surface area is 108 Å². The molecule has 1 heteroatoms. The summed E-state index contributed by atoms with van der Waals surface area (Å²) in [5.74, 6) is 2.04. The van der Waals surface area contributed by atoms with Crippen molar-refractivity contribution < 1.29 is 0 Å². The minimum atomic E-state index is 0.817. The van der Waals surface area contributed by atoms with Gasteiger partial charge < -0.3 is 5.32 Å². The molecule has 0 aromatic heterocycles. The molecule has 2 saturated carbocycles. The van der Waals surface area contributed by atoms with Gasteiger partial charge in [0.05, 0.1) is 0 Å². The average molecular weight is 237 g/mol. The van der Waals surface area contributed by atoms with Gasteiger partial charge in [-0.15, -0.1) is 0 Å². The van der Waals surface area contributed by atoms with Crippen LogP contribution in [0.5, 0.6) is 0 Å². The van der Waals surface area contributed by atoms with Crippen LogP contribution in [0.1, 0.15) is 77.0 Å². The van der Waals surface area contributed by atoms with Crippen molar-refractivity contribution in [3.8, 4) is 0 Å². The highest BCUT2D eigenvalue weighted by atomic mass is 14.9. The van der Waals surface area contributed by atoms with Crippen molar-refractivity contribution in [3.05, 3.63) is 0 Å². The zero-order valence-electron chi connectivity index (χ0n) is 11.7. The summed E-state index contributed by atoms with van der Waals surface area (Å²) in [6, 6.07) is 0.817. The lowest BCUT2D eigenvalue weighted by Gasteiger charge is -2.31. The van der Waals surface area contributed by atoms with E-state index in [2.05, 4.69) is 12.4 Å². The molecular formula is C16H31N. The first-order chi connectivity index (χ1) is 8.40. The largest absolute Gasteiger partial charge is 0.317 e. The Kier molecular flexibility index (Phi) is 5.84. The van der Waals surface area contributed by atoms with Crippen molar-refractivity contribution in [1.29, 1.82) is 0 Å². The fourth-order valence-electron chi connectivity index (χ4n) is 4.04.